The summed E-state index contributed by atoms with van der Waals surface area (Å²) in [4.78, 5) is 12.2. The van der Waals surface area contributed by atoms with Crippen molar-refractivity contribution >= 4 is 27.3 Å². The number of rotatable bonds is 8. The first-order chi connectivity index (χ1) is 12.2. The van der Waals surface area contributed by atoms with Crippen molar-refractivity contribution in [3.63, 3.8) is 0 Å². The van der Waals surface area contributed by atoms with E-state index in [1.165, 1.54) is 0 Å². The van der Waals surface area contributed by atoms with Crippen molar-refractivity contribution in [2.24, 2.45) is 0 Å². The van der Waals surface area contributed by atoms with E-state index in [1.807, 2.05) is 44.2 Å². The SMILES string of the molecule is Cc1ccccc1NCCC(=O)N[C@H](C)c1cccc(NS(C)(=O)=O)c1. The maximum absolute atomic E-state index is 12.2. The zero-order valence-electron chi connectivity index (χ0n) is 15.2. The fraction of sp³-hybridized carbons (Fsp3) is 0.316. The van der Waals surface area contributed by atoms with Gasteiger partial charge in [0.1, 0.15) is 0 Å². The number of anilines is 2. The lowest BCUT2D eigenvalue weighted by atomic mass is 10.1. The molecular weight excluding hydrogens is 350 g/mol. The van der Waals surface area contributed by atoms with Crippen LogP contribution in [-0.4, -0.2) is 27.1 Å². The lowest BCUT2D eigenvalue weighted by Gasteiger charge is -2.16. The van der Waals surface area contributed by atoms with Crippen molar-refractivity contribution in [2.75, 3.05) is 22.8 Å². The van der Waals surface area contributed by atoms with E-state index in [-0.39, 0.29) is 11.9 Å². The third kappa shape index (κ3) is 6.40. The Morgan fingerprint density at radius 1 is 1.12 bits per heavy atom. The van der Waals surface area contributed by atoms with Crippen molar-refractivity contribution in [1.29, 1.82) is 0 Å². The van der Waals surface area contributed by atoms with Crippen LogP contribution in [0.15, 0.2) is 48.5 Å². The molecule has 0 aliphatic rings. The monoisotopic (exact) mass is 375 g/mol. The summed E-state index contributed by atoms with van der Waals surface area (Å²) in [5.41, 5.74) is 3.47. The number of hydrogen-bond donors (Lipinski definition) is 3. The molecule has 2 aromatic carbocycles. The molecule has 0 radical (unpaired) electrons. The second kappa shape index (κ2) is 8.71. The third-order valence-electron chi connectivity index (χ3n) is 3.88. The Kier molecular flexibility index (Phi) is 6.63. The van der Waals surface area contributed by atoms with Crippen LogP contribution in [0.1, 0.15) is 30.5 Å². The average Bonchev–Trinajstić information content (AvgIpc) is 2.55. The predicted molar refractivity (Wildman–Crippen MR) is 106 cm³/mol. The summed E-state index contributed by atoms with van der Waals surface area (Å²) < 4.78 is 25.1. The molecule has 140 valence electrons. The summed E-state index contributed by atoms with van der Waals surface area (Å²) >= 11 is 0. The summed E-state index contributed by atoms with van der Waals surface area (Å²) in [5, 5.41) is 6.19. The van der Waals surface area contributed by atoms with E-state index in [0.29, 0.717) is 18.7 Å². The van der Waals surface area contributed by atoms with Crippen LogP contribution in [0, 0.1) is 6.92 Å². The van der Waals surface area contributed by atoms with Gasteiger partial charge in [0, 0.05) is 24.3 Å². The Bertz CT molecular complexity index is 866. The minimum absolute atomic E-state index is 0.0694. The van der Waals surface area contributed by atoms with Gasteiger partial charge in [-0.1, -0.05) is 30.3 Å². The molecule has 1 amide bonds. The predicted octanol–water partition coefficient (Wildman–Crippen LogP) is 3.05. The minimum Gasteiger partial charge on any atom is -0.384 e. The number of benzene rings is 2. The molecule has 2 aromatic rings. The van der Waals surface area contributed by atoms with E-state index >= 15 is 0 Å². The molecule has 2 rings (SSSR count). The van der Waals surface area contributed by atoms with Gasteiger partial charge in [-0.15, -0.1) is 0 Å². The van der Waals surface area contributed by atoms with E-state index in [1.54, 1.807) is 18.2 Å². The standard InChI is InChI=1S/C19H25N3O3S/c1-14-7-4-5-10-18(14)20-12-11-19(23)21-15(2)16-8-6-9-17(13-16)22-26(3,24)25/h4-10,13,15,20,22H,11-12H2,1-3H3,(H,21,23)/t15-/m1/s1. The Hall–Kier alpha value is -2.54. The van der Waals surface area contributed by atoms with E-state index in [9.17, 15) is 13.2 Å². The summed E-state index contributed by atoms with van der Waals surface area (Å²) in [7, 11) is -3.33. The molecule has 0 saturated heterocycles. The highest BCUT2D eigenvalue weighted by Crippen LogP contribution is 2.18. The van der Waals surface area contributed by atoms with Gasteiger partial charge in [0.05, 0.1) is 12.3 Å². The Morgan fingerprint density at radius 2 is 1.85 bits per heavy atom. The maximum atomic E-state index is 12.2. The molecule has 0 heterocycles. The number of sulfonamides is 1. The first-order valence-electron chi connectivity index (χ1n) is 8.41. The van der Waals surface area contributed by atoms with Gasteiger partial charge in [-0.3, -0.25) is 9.52 Å². The molecule has 0 aromatic heterocycles. The number of nitrogens with one attached hydrogen (secondary N) is 3. The Balaban J connectivity index is 1.87. The topological polar surface area (TPSA) is 87.3 Å². The second-order valence-electron chi connectivity index (χ2n) is 6.28. The molecule has 6 nitrogen and oxygen atoms in total. The van der Waals surface area contributed by atoms with Crippen LogP contribution < -0.4 is 15.4 Å². The van der Waals surface area contributed by atoms with E-state index in [2.05, 4.69) is 15.4 Å². The van der Waals surface area contributed by atoms with Crippen LogP contribution in [0.3, 0.4) is 0 Å². The van der Waals surface area contributed by atoms with Gasteiger partial charge in [-0.05, 0) is 43.2 Å². The normalized spacial score (nSPS) is 12.3. The number of carbonyl (C=O) groups excluding carboxylic acids is 1. The highest BCUT2D eigenvalue weighted by molar-refractivity contribution is 7.92. The third-order valence-corrected chi connectivity index (χ3v) is 4.49. The van der Waals surface area contributed by atoms with Crippen molar-refractivity contribution in [3.8, 4) is 0 Å². The average molecular weight is 375 g/mol. The molecular formula is C19H25N3O3S. The lowest BCUT2D eigenvalue weighted by Crippen LogP contribution is -2.28. The quantitative estimate of drug-likeness (QED) is 0.662. The molecule has 0 aliphatic heterocycles. The van der Waals surface area contributed by atoms with Gasteiger partial charge in [0.15, 0.2) is 0 Å². The second-order valence-corrected chi connectivity index (χ2v) is 8.03. The maximum Gasteiger partial charge on any atom is 0.229 e. The Morgan fingerprint density at radius 3 is 2.54 bits per heavy atom. The van der Waals surface area contributed by atoms with Crippen LogP contribution in [-0.2, 0) is 14.8 Å². The summed E-state index contributed by atoms with van der Waals surface area (Å²) in [6.07, 6.45) is 1.45. The minimum atomic E-state index is -3.33. The van der Waals surface area contributed by atoms with Crippen LogP contribution in [0.25, 0.3) is 0 Å². The lowest BCUT2D eigenvalue weighted by molar-refractivity contribution is -0.121. The molecule has 26 heavy (non-hydrogen) atoms. The fourth-order valence-corrected chi connectivity index (χ4v) is 3.12. The first-order valence-corrected chi connectivity index (χ1v) is 10.3. The van der Waals surface area contributed by atoms with Crippen molar-refractivity contribution in [2.45, 2.75) is 26.3 Å². The van der Waals surface area contributed by atoms with Crippen LogP contribution in [0.5, 0.6) is 0 Å². The first kappa shape index (κ1) is 19.8. The van der Waals surface area contributed by atoms with E-state index < -0.39 is 10.0 Å². The number of amides is 1. The van der Waals surface area contributed by atoms with Crippen LogP contribution in [0.2, 0.25) is 0 Å². The highest BCUT2D eigenvalue weighted by atomic mass is 32.2. The number of hydrogen-bond acceptors (Lipinski definition) is 4. The molecule has 0 fully saturated rings. The van der Waals surface area contributed by atoms with Gasteiger partial charge in [-0.25, -0.2) is 8.42 Å². The zero-order valence-corrected chi connectivity index (χ0v) is 16.1. The number of para-hydroxylation sites is 1. The van der Waals surface area contributed by atoms with Gasteiger partial charge >= 0.3 is 0 Å². The van der Waals surface area contributed by atoms with Gasteiger partial charge in [0.25, 0.3) is 0 Å². The molecule has 0 unspecified atom stereocenters. The molecule has 0 saturated carbocycles. The van der Waals surface area contributed by atoms with Gasteiger partial charge < -0.3 is 10.6 Å². The zero-order chi connectivity index (χ0) is 19.2. The van der Waals surface area contributed by atoms with E-state index in [4.69, 9.17) is 0 Å². The largest absolute Gasteiger partial charge is 0.384 e. The van der Waals surface area contributed by atoms with Crippen molar-refractivity contribution in [1.82, 2.24) is 5.32 Å². The van der Waals surface area contributed by atoms with Crippen LogP contribution >= 0.6 is 0 Å². The molecule has 1 atom stereocenters. The van der Waals surface area contributed by atoms with E-state index in [0.717, 1.165) is 23.1 Å². The molecule has 0 aliphatic carbocycles. The van der Waals surface area contributed by atoms with Crippen molar-refractivity contribution in [3.05, 3.63) is 59.7 Å². The molecule has 0 spiro atoms. The Labute approximate surface area is 155 Å². The summed E-state index contributed by atoms with van der Waals surface area (Å²) in [6, 6.07) is 14.7. The van der Waals surface area contributed by atoms with Crippen LogP contribution in [0.4, 0.5) is 11.4 Å². The van der Waals surface area contributed by atoms with Gasteiger partial charge in [0.2, 0.25) is 15.9 Å². The fourth-order valence-electron chi connectivity index (χ4n) is 2.56. The molecule has 7 heteroatoms. The summed E-state index contributed by atoms with van der Waals surface area (Å²) in [6.45, 7) is 4.42. The summed E-state index contributed by atoms with van der Waals surface area (Å²) in [5.74, 6) is -0.0694. The highest BCUT2D eigenvalue weighted by Gasteiger charge is 2.11. The molecule has 3 N–H and O–H groups in total. The number of aryl methyl sites for hydroxylation is 1. The van der Waals surface area contributed by atoms with Gasteiger partial charge in [-0.2, -0.15) is 0 Å². The van der Waals surface area contributed by atoms with Crippen molar-refractivity contribution < 1.29 is 13.2 Å². The number of carbonyl (C=O) groups is 1. The molecule has 0 bridgehead atoms. The smallest absolute Gasteiger partial charge is 0.229 e.